The summed E-state index contributed by atoms with van der Waals surface area (Å²) in [5.74, 6) is 0.292. The maximum absolute atomic E-state index is 10.9. The van der Waals surface area contributed by atoms with Gasteiger partial charge in [0.25, 0.3) is 0 Å². The first-order valence-electron chi connectivity index (χ1n) is 8.93. The molecule has 0 radical (unpaired) electrons. The number of aromatic carboxylic acids is 1. The first kappa shape index (κ1) is 17.7. The standard InChI is InChI=1S/C21H19N5O2/c1-13(2)14-5-3-6-15(11-14)17-7-4-10-26-19(17)24-21(25-26)23-18-9-8-16(12-22-18)20(27)28/h3-13H,1-2H3,(H,27,28)(H,22,23,25). The Hall–Kier alpha value is -3.74. The van der Waals surface area contributed by atoms with Gasteiger partial charge in [0.05, 0.1) is 5.56 Å². The van der Waals surface area contributed by atoms with Gasteiger partial charge in [0, 0.05) is 18.0 Å². The quantitative estimate of drug-likeness (QED) is 0.540. The number of hydrogen-bond donors (Lipinski definition) is 2. The van der Waals surface area contributed by atoms with Crippen molar-refractivity contribution in [1.29, 1.82) is 0 Å². The van der Waals surface area contributed by atoms with E-state index in [4.69, 9.17) is 5.11 Å². The number of carboxylic acid groups (broad SMARTS) is 1. The van der Waals surface area contributed by atoms with Gasteiger partial charge < -0.3 is 10.4 Å². The molecule has 4 rings (SSSR count). The zero-order valence-electron chi connectivity index (χ0n) is 15.5. The Morgan fingerprint density at radius 3 is 2.71 bits per heavy atom. The summed E-state index contributed by atoms with van der Waals surface area (Å²) in [6.45, 7) is 4.34. The molecule has 0 saturated carbocycles. The maximum Gasteiger partial charge on any atom is 0.337 e. The molecule has 28 heavy (non-hydrogen) atoms. The van der Waals surface area contributed by atoms with Crippen LogP contribution >= 0.6 is 0 Å². The second-order valence-electron chi connectivity index (χ2n) is 6.77. The summed E-state index contributed by atoms with van der Waals surface area (Å²) in [6.07, 6.45) is 3.13. The molecule has 140 valence electrons. The normalized spacial score (nSPS) is 11.1. The predicted molar refractivity (Wildman–Crippen MR) is 107 cm³/mol. The number of hydrogen-bond acceptors (Lipinski definition) is 5. The van der Waals surface area contributed by atoms with Crippen molar-refractivity contribution in [3.05, 3.63) is 72.1 Å². The second-order valence-corrected chi connectivity index (χ2v) is 6.77. The lowest BCUT2D eigenvalue weighted by molar-refractivity contribution is 0.0696. The molecule has 0 amide bonds. The Morgan fingerprint density at radius 2 is 2.00 bits per heavy atom. The third-order valence-electron chi connectivity index (χ3n) is 4.48. The highest BCUT2D eigenvalue weighted by Gasteiger charge is 2.12. The fourth-order valence-corrected chi connectivity index (χ4v) is 2.96. The molecule has 0 aliphatic heterocycles. The van der Waals surface area contributed by atoms with Crippen LogP contribution in [0.1, 0.15) is 35.7 Å². The number of pyridine rings is 2. The molecule has 0 fully saturated rings. The van der Waals surface area contributed by atoms with E-state index in [1.54, 1.807) is 10.6 Å². The van der Waals surface area contributed by atoms with Crippen LogP contribution in [0.4, 0.5) is 11.8 Å². The molecule has 0 unspecified atom stereocenters. The van der Waals surface area contributed by atoms with Crippen molar-refractivity contribution in [2.45, 2.75) is 19.8 Å². The zero-order valence-corrected chi connectivity index (χ0v) is 15.5. The van der Waals surface area contributed by atoms with Crippen LogP contribution in [-0.4, -0.2) is 30.7 Å². The fourth-order valence-electron chi connectivity index (χ4n) is 2.96. The Balaban J connectivity index is 1.69. The predicted octanol–water partition coefficient (Wildman–Crippen LogP) is 4.36. The summed E-state index contributed by atoms with van der Waals surface area (Å²) in [7, 11) is 0. The summed E-state index contributed by atoms with van der Waals surface area (Å²) in [5, 5.41) is 16.4. The molecular weight excluding hydrogens is 354 g/mol. The van der Waals surface area contributed by atoms with Crippen molar-refractivity contribution < 1.29 is 9.90 Å². The van der Waals surface area contributed by atoms with Crippen molar-refractivity contribution in [3.63, 3.8) is 0 Å². The molecule has 1 aromatic carbocycles. The van der Waals surface area contributed by atoms with Crippen molar-refractivity contribution in [2.24, 2.45) is 0 Å². The number of nitrogens with zero attached hydrogens (tertiary/aromatic N) is 4. The molecule has 0 atom stereocenters. The van der Waals surface area contributed by atoms with Crippen molar-refractivity contribution >= 4 is 23.4 Å². The van der Waals surface area contributed by atoms with Gasteiger partial charge in [-0.25, -0.2) is 14.3 Å². The van der Waals surface area contributed by atoms with E-state index < -0.39 is 5.97 Å². The summed E-state index contributed by atoms with van der Waals surface area (Å²) in [6, 6.07) is 15.4. The van der Waals surface area contributed by atoms with Crippen LogP contribution in [-0.2, 0) is 0 Å². The molecule has 0 aliphatic rings. The first-order valence-corrected chi connectivity index (χ1v) is 8.93. The lowest BCUT2D eigenvalue weighted by Crippen LogP contribution is -2.00. The minimum atomic E-state index is -1.02. The van der Waals surface area contributed by atoms with Gasteiger partial charge in [-0.1, -0.05) is 38.1 Å². The number of nitrogens with one attached hydrogen (secondary N) is 1. The molecule has 0 bridgehead atoms. The summed E-state index contributed by atoms with van der Waals surface area (Å²) < 4.78 is 1.71. The Kier molecular flexibility index (Phi) is 4.49. The highest BCUT2D eigenvalue weighted by molar-refractivity contribution is 5.87. The van der Waals surface area contributed by atoms with E-state index in [1.165, 1.54) is 17.8 Å². The van der Waals surface area contributed by atoms with E-state index in [-0.39, 0.29) is 5.56 Å². The molecule has 2 N–H and O–H groups in total. The number of anilines is 2. The van der Waals surface area contributed by atoms with Gasteiger partial charge in [-0.05, 0) is 41.3 Å². The number of carboxylic acids is 1. The highest BCUT2D eigenvalue weighted by atomic mass is 16.4. The SMILES string of the molecule is CC(C)c1cccc(-c2cccn3nc(Nc4ccc(C(=O)O)cn4)nc23)c1. The third-order valence-corrected chi connectivity index (χ3v) is 4.48. The summed E-state index contributed by atoms with van der Waals surface area (Å²) in [4.78, 5) is 19.6. The number of fused-ring (bicyclic) bond motifs is 1. The van der Waals surface area contributed by atoms with Gasteiger partial charge in [0.1, 0.15) is 5.82 Å². The lowest BCUT2D eigenvalue weighted by Gasteiger charge is -2.08. The van der Waals surface area contributed by atoms with Crippen LogP contribution in [0.25, 0.3) is 16.8 Å². The first-order chi connectivity index (χ1) is 13.5. The van der Waals surface area contributed by atoms with Crippen LogP contribution < -0.4 is 5.32 Å². The minimum absolute atomic E-state index is 0.126. The van der Waals surface area contributed by atoms with E-state index in [0.717, 1.165) is 16.8 Å². The number of benzene rings is 1. The maximum atomic E-state index is 10.9. The van der Waals surface area contributed by atoms with Gasteiger partial charge in [0.2, 0.25) is 5.95 Å². The molecule has 0 spiro atoms. The van der Waals surface area contributed by atoms with Crippen LogP contribution in [0.2, 0.25) is 0 Å². The molecule has 4 aromatic rings. The molecule has 3 aromatic heterocycles. The van der Waals surface area contributed by atoms with Gasteiger partial charge >= 0.3 is 5.97 Å². The Labute approximate surface area is 161 Å². The topological polar surface area (TPSA) is 92.4 Å². The van der Waals surface area contributed by atoms with Gasteiger partial charge in [-0.2, -0.15) is 4.98 Å². The van der Waals surface area contributed by atoms with Gasteiger partial charge in [-0.15, -0.1) is 5.10 Å². The second kappa shape index (κ2) is 7.11. The van der Waals surface area contributed by atoms with Gasteiger partial charge in [-0.3, -0.25) is 0 Å². The number of aromatic nitrogens is 4. The van der Waals surface area contributed by atoms with Crippen molar-refractivity contribution in [1.82, 2.24) is 19.6 Å². The molecule has 7 heteroatoms. The van der Waals surface area contributed by atoms with Gasteiger partial charge in [0.15, 0.2) is 5.65 Å². The fraction of sp³-hybridized carbons (Fsp3) is 0.143. The molecule has 0 aliphatic carbocycles. The van der Waals surface area contributed by atoms with E-state index >= 15 is 0 Å². The third kappa shape index (κ3) is 3.42. The van der Waals surface area contributed by atoms with E-state index in [9.17, 15) is 4.79 Å². The average molecular weight is 373 g/mol. The molecular formula is C21H19N5O2. The molecule has 0 saturated heterocycles. The number of rotatable bonds is 5. The van der Waals surface area contributed by atoms with Crippen LogP contribution in [0.5, 0.6) is 0 Å². The smallest absolute Gasteiger partial charge is 0.337 e. The molecule has 3 heterocycles. The van der Waals surface area contributed by atoms with Crippen molar-refractivity contribution in [2.75, 3.05) is 5.32 Å². The minimum Gasteiger partial charge on any atom is -0.478 e. The van der Waals surface area contributed by atoms with E-state index in [1.807, 2.05) is 18.3 Å². The van der Waals surface area contributed by atoms with E-state index in [0.29, 0.717) is 17.7 Å². The van der Waals surface area contributed by atoms with E-state index in [2.05, 4.69) is 58.5 Å². The zero-order chi connectivity index (χ0) is 19.7. The summed E-state index contributed by atoms with van der Waals surface area (Å²) in [5.41, 5.74) is 4.19. The average Bonchev–Trinajstić information content (AvgIpc) is 3.10. The monoisotopic (exact) mass is 373 g/mol. The highest BCUT2D eigenvalue weighted by Crippen LogP contribution is 2.27. The lowest BCUT2D eigenvalue weighted by atomic mass is 9.98. The van der Waals surface area contributed by atoms with Crippen molar-refractivity contribution in [3.8, 4) is 11.1 Å². The molecule has 7 nitrogen and oxygen atoms in total. The van der Waals surface area contributed by atoms with Crippen LogP contribution in [0.3, 0.4) is 0 Å². The number of carbonyl (C=O) groups is 1. The largest absolute Gasteiger partial charge is 0.478 e. The summed E-state index contributed by atoms with van der Waals surface area (Å²) >= 11 is 0. The van der Waals surface area contributed by atoms with Crippen LogP contribution in [0, 0.1) is 0 Å². The van der Waals surface area contributed by atoms with Crippen LogP contribution in [0.15, 0.2) is 60.9 Å². The Morgan fingerprint density at radius 1 is 1.14 bits per heavy atom. The Bertz CT molecular complexity index is 1150.